The number of hydrogen-bond donors (Lipinski definition) is 1. The maximum atomic E-state index is 12.3. The van der Waals surface area contributed by atoms with E-state index in [2.05, 4.69) is 4.90 Å². The van der Waals surface area contributed by atoms with E-state index in [9.17, 15) is 9.59 Å². The van der Waals surface area contributed by atoms with Crippen LogP contribution in [0.2, 0.25) is 0 Å². The molecule has 0 aliphatic carbocycles. The minimum absolute atomic E-state index is 0.0698. The van der Waals surface area contributed by atoms with Crippen LogP contribution in [0.15, 0.2) is 22.8 Å². The van der Waals surface area contributed by atoms with Crippen LogP contribution in [0.5, 0.6) is 0 Å². The second-order valence-electron chi connectivity index (χ2n) is 6.52. The molecular formula is C16H23N3O3. The molecule has 2 aliphatic heterocycles. The van der Waals surface area contributed by atoms with Gasteiger partial charge in [-0.25, -0.2) is 0 Å². The van der Waals surface area contributed by atoms with Crippen LogP contribution in [0.3, 0.4) is 0 Å². The largest absolute Gasteiger partial charge is 0.459 e. The van der Waals surface area contributed by atoms with E-state index in [-0.39, 0.29) is 23.3 Å². The summed E-state index contributed by atoms with van der Waals surface area (Å²) in [6.45, 7) is 2.21. The fourth-order valence-corrected chi connectivity index (χ4v) is 4.17. The van der Waals surface area contributed by atoms with Crippen molar-refractivity contribution in [3.8, 4) is 0 Å². The highest BCUT2D eigenvalue weighted by Gasteiger charge is 2.48. The SMILES string of the molecule is CN1CCCC2(CCN(C(=O)c3ccco3)CC2)C1C(N)=O. The minimum atomic E-state index is -0.243. The van der Waals surface area contributed by atoms with Gasteiger partial charge in [-0.05, 0) is 56.8 Å². The third-order valence-electron chi connectivity index (χ3n) is 5.25. The van der Waals surface area contributed by atoms with E-state index in [1.165, 1.54) is 6.26 Å². The zero-order valence-corrected chi connectivity index (χ0v) is 13.0. The van der Waals surface area contributed by atoms with Crippen molar-refractivity contribution in [2.45, 2.75) is 31.7 Å². The molecule has 0 bridgehead atoms. The van der Waals surface area contributed by atoms with Crippen molar-refractivity contribution in [3.63, 3.8) is 0 Å². The van der Waals surface area contributed by atoms with Gasteiger partial charge in [-0.2, -0.15) is 0 Å². The van der Waals surface area contributed by atoms with Gasteiger partial charge >= 0.3 is 0 Å². The first-order valence-electron chi connectivity index (χ1n) is 7.86. The van der Waals surface area contributed by atoms with Crippen LogP contribution in [-0.4, -0.2) is 54.3 Å². The molecule has 2 fully saturated rings. The van der Waals surface area contributed by atoms with Crippen LogP contribution in [-0.2, 0) is 4.79 Å². The number of furan rings is 1. The molecule has 3 rings (SSSR count). The molecule has 2 amide bonds. The molecule has 2 aliphatic rings. The Balaban J connectivity index is 1.72. The van der Waals surface area contributed by atoms with Gasteiger partial charge in [0.05, 0.1) is 12.3 Å². The lowest BCUT2D eigenvalue weighted by molar-refractivity contribution is -0.132. The molecule has 1 aromatic rings. The Bertz CT molecular complexity index is 547. The predicted molar refractivity (Wildman–Crippen MR) is 81.1 cm³/mol. The number of amides is 2. The first-order valence-corrected chi connectivity index (χ1v) is 7.86. The van der Waals surface area contributed by atoms with Gasteiger partial charge in [-0.15, -0.1) is 0 Å². The highest BCUT2D eigenvalue weighted by Crippen LogP contribution is 2.44. The number of carbonyl (C=O) groups excluding carboxylic acids is 2. The highest BCUT2D eigenvalue weighted by atomic mass is 16.3. The quantitative estimate of drug-likeness (QED) is 0.886. The summed E-state index contributed by atoms with van der Waals surface area (Å²) in [6, 6.07) is 3.19. The molecule has 1 spiro atoms. The van der Waals surface area contributed by atoms with Crippen molar-refractivity contribution in [2.24, 2.45) is 11.1 Å². The topological polar surface area (TPSA) is 79.8 Å². The molecule has 2 saturated heterocycles. The second-order valence-corrected chi connectivity index (χ2v) is 6.52. The molecule has 6 nitrogen and oxygen atoms in total. The van der Waals surface area contributed by atoms with Gasteiger partial charge in [0, 0.05) is 13.1 Å². The van der Waals surface area contributed by atoms with Crippen LogP contribution in [0, 0.1) is 5.41 Å². The fourth-order valence-electron chi connectivity index (χ4n) is 4.17. The molecular weight excluding hydrogens is 282 g/mol. The molecule has 6 heteroatoms. The van der Waals surface area contributed by atoms with Crippen LogP contribution in [0.1, 0.15) is 36.2 Å². The molecule has 1 unspecified atom stereocenters. The van der Waals surface area contributed by atoms with E-state index in [4.69, 9.17) is 10.2 Å². The summed E-state index contributed by atoms with van der Waals surface area (Å²) < 4.78 is 5.19. The smallest absolute Gasteiger partial charge is 0.289 e. The Labute approximate surface area is 130 Å². The van der Waals surface area contributed by atoms with Gasteiger partial charge in [-0.3, -0.25) is 14.5 Å². The van der Waals surface area contributed by atoms with E-state index in [1.807, 2.05) is 11.9 Å². The van der Waals surface area contributed by atoms with Crippen LogP contribution in [0.25, 0.3) is 0 Å². The van der Waals surface area contributed by atoms with Crippen LogP contribution < -0.4 is 5.73 Å². The second kappa shape index (κ2) is 5.76. The third-order valence-corrected chi connectivity index (χ3v) is 5.25. The third kappa shape index (κ3) is 2.52. The van der Waals surface area contributed by atoms with Crippen molar-refractivity contribution in [3.05, 3.63) is 24.2 Å². The Morgan fingerprint density at radius 2 is 2.00 bits per heavy atom. The molecule has 22 heavy (non-hydrogen) atoms. The van der Waals surface area contributed by atoms with Gasteiger partial charge in [-0.1, -0.05) is 0 Å². The number of hydrogen-bond acceptors (Lipinski definition) is 4. The number of rotatable bonds is 2. The lowest BCUT2D eigenvalue weighted by Gasteiger charge is -2.51. The number of piperidine rings is 2. The molecule has 1 atom stereocenters. The van der Waals surface area contributed by atoms with Crippen molar-refractivity contribution in [2.75, 3.05) is 26.7 Å². The molecule has 3 heterocycles. The molecule has 0 radical (unpaired) electrons. The molecule has 2 N–H and O–H groups in total. The van der Waals surface area contributed by atoms with Crippen molar-refractivity contribution < 1.29 is 14.0 Å². The van der Waals surface area contributed by atoms with E-state index in [0.717, 1.165) is 32.2 Å². The van der Waals surface area contributed by atoms with Gasteiger partial charge in [0.1, 0.15) is 0 Å². The Morgan fingerprint density at radius 3 is 2.59 bits per heavy atom. The molecule has 0 aromatic carbocycles. The Hall–Kier alpha value is -1.82. The molecule has 120 valence electrons. The lowest BCUT2D eigenvalue weighted by Crippen LogP contribution is -2.60. The Morgan fingerprint density at radius 1 is 1.27 bits per heavy atom. The van der Waals surface area contributed by atoms with E-state index in [0.29, 0.717) is 18.8 Å². The number of likely N-dealkylation sites (tertiary alicyclic amines) is 2. The first kappa shape index (κ1) is 15.1. The van der Waals surface area contributed by atoms with E-state index >= 15 is 0 Å². The predicted octanol–water partition coefficient (Wildman–Crippen LogP) is 1.08. The van der Waals surface area contributed by atoms with Gasteiger partial charge < -0.3 is 15.1 Å². The average Bonchev–Trinajstić information content (AvgIpc) is 3.01. The standard InChI is InChI=1S/C16H23N3O3/c1-18-8-3-5-16(13(18)14(17)20)6-9-19(10-7-16)15(21)12-4-2-11-22-12/h2,4,11,13H,3,5-10H2,1H3,(H2,17,20). The summed E-state index contributed by atoms with van der Waals surface area (Å²) in [5.41, 5.74) is 5.57. The van der Waals surface area contributed by atoms with Crippen molar-refractivity contribution in [1.82, 2.24) is 9.80 Å². The number of carbonyl (C=O) groups is 2. The van der Waals surface area contributed by atoms with Gasteiger partial charge in [0.25, 0.3) is 5.91 Å². The lowest BCUT2D eigenvalue weighted by atomic mass is 9.66. The molecule has 1 aromatic heterocycles. The first-order chi connectivity index (χ1) is 10.5. The van der Waals surface area contributed by atoms with Gasteiger partial charge in [0.15, 0.2) is 5.76 Å². The van der Waals surface area contributed by atoms with Crippen LogP contribution in [0.4, 0.5) is 0 Å². The summed E-state index contributed by atoms with van der Waals surface area (Å²) >= 11 is 0. The highest BCUT2D eigenvalue weighted by molar-refractivity contribution is 5.91. The molecule has 0 saturated carbocycles. The van der Waals surface area contributed by atoms with Crippen molar-refractivity contribution in [1.29, 1.82) is 0 Å². The van der Waals surface area contributed by atoms with E-state index in [1.54, 1.807) is 12.1 Å². The maximum absolute atomic E-state index is 12.3. The van der Waals surface area contributed by atoms with Gasteiger partial charge in [0.2, 0.25) is 5.91 Å². The van der Waals surface area contributed by atoms with Crippen LogP contribution >= 0.6 is 0 Å². The number of likely N-dealkylation sites (N-methyl/N-ethyl adjacent to an activating group) is 1. The normalized spacial score (nSPS) is 25.3. The van der Waals surface area contributed by atoms with E-state index < -0.39 is 0 Å². The zero-order chi connectivity index (χ0) is 15.7. The summed E-state index contributed by atoms with van der Waals surface area (Å²) in [7, 11) is 1.97. The number of nitrogens with zero attached hydrogens (tertiary/aromatic N) is 2. The number of primary amides is 1. The monoisotopic (exact) mass is 305 g/mol. The minimum Gasteiger partial charge on any atom is -0.459 e. The fraction of sp³-hybridized carbons (Fsp3) is 0.625. The maximum Gasteiger partial charge on any atom is 0.289 e. The average molecular weight is 305 g/mol. The summed E-state index contributed by atoms with van der Waals surface area (Å²) in [5.74, 6) is 0.0656. The number of nitrogens with two attached hydrogens (primary N) is 1. The summed E-state index contributed by atoms with van der Waals surface area (Å²) in [5, 5.41) is 0. The Kier molecular flexibility index (Phi) is 3.95. The summed E-state index contributed by atoms with van der Waals surface area (Å²) in [6.07, 6.45) is 5.23. The summed E-state index contributed by atoms with van der Waals surface area (Å²) in [4.78, 5) is 28.2. The van der Waals surface area contributed by atoms with Crippen molar-refractivity contribution >= 4 is 11.8 Å². The zero-order valence-electron chi connectivity index (χ0n) is 13.0.